The number of rotatable bonds is 6. The van der Waals surface area contributed by atoms with Gasteiger partial charge in [-0.3, -0.25) is 9.67 Å². The molecule has 0 spiro atoms. The zero-order valence-corrected chi connectivity index (χ0v) is 20.8. The van der Waals surface area contributed by atoms with Crippen LogP contribution in [-0.2, 0) is 7.05 Å². The van der Waals surface area contributed by atoms with Crippen LogP contribution in [0.4, 0.5) is 25.8 Å². The molecular weight excluding hydrogens is 517 g/mol. The Morgan fingerprint density at radius 2 is 1.73 bits per heavy atom. The molecule has 184 valence electrons. The summed E-state index contributed by atoms with van der Waals surface area (Å²) in [5.41, 5.74) is 3.79. The second-order valence-corrected chi connectivity index (χ2v) is 9.12. The van der Waals surface area contributed by atoms with Gasteiger partial charge in [0.05, 0.1) is 38.5 Å². The minimum Gasteiger partial charge on any atom is -0.373 e. The summed E-state index contributed by atoms with van der Waals surface area (Å²) >= 11 is 12.6. The van der Waals surface area contributed by atoms with Crippen molar-refractivity contribution in [1.82, 2.24) is 14.8 Å². The molecule has 5 rings (SSSR count). The van der Waals surface area contributed by atoms with Gasteiger partial charge in [-0.15, -0.1) is 0 Å². The van der Waals surface area contributed by atoms with Gasteiger partial charge in [-0.05, 0) is 54.1 Å². The van der Waals surface area contributed by atoms with Gasteiger partial charge < -0.3 is 10.6 Å². The Bertz CT molecular complexity index is 1660. The summed E-state index contributed by atoms with van der Waals surface area (Å²) < 4.78 is 29.0. The van der Waals surface area contributed by atoms with E-state index in [0.29, 0.717) is 38.7 Å². The normalized spacial score (nSPS) is 11.8. The number of aromatic nitrogens is 3. The number of nitriles is 1. The first-order valence-electron chi connectivity index (χ1n) is 11.1. The van der Waals surface area contributed by atoms with Crippen LogP contribution in [0.1, 0.15) is 22.9 Å². The van der Waals surface area contributed by atoms with E-state index in [2.05, 4.69) is 26.8 Å². The van der Waals surface area contributed by atoms with Crippen molar-refractivity contribution in [3.8, 4) is 6.07 Å². The van der Waals surface area contributed by atoms with Crippen molar-refractivity contribution in [2.24, 2.45) is 7.05 Å². The molecule has 0 saturated carbocycles. The highest BCUT2D eigenvalue weighted by atomic mass is 35.5. The maximum absolute atomic E-state index is 13.7. The van der Waals surface area contributed by atoms with Crippen LogP contribution >= 0.6 is 23.2 Å². The Hall–Kier alpha value is -4.19. The maximum atomic E-state index is 13.7. The number of fused-ring (bicyclic) bond motifs is 1. The van der Waals surface area contributed by atoms with E-state index >= 15 is 0 Å². The maximum Gasteiger partial charge on any atom is 0.141 e. The molecule has 37 heavy (non-hydrogen) atoms. The van der Waals surface area contributed by atoms with Crippen LogP contribution in [0.15, 0.2) is 73.1 Å². The summed E-state index contributed by atoms with van der Waals surface area (Å²) in [5, 5.41) is 21.7. The second kappa shape index (κ2) is 10.1. The molecule has 3 aromatic carbocycles. The third-order valence-corrected chi connectivity index (χ3v) is 6.36. The van der Waals surface area contributed by atoms with Gasteiger partial charge in [-0.25, -0.2) is 8.78 Å². The standard InChI is InChI=1S/C27H18Cl2F2N6/c1-37-9-8-24(36-37)26(15-2-4-17(30)5-3-15)35-19-10-20-25(34-18-6-7-23(31)21(28)11-18)16(13-32)14-33-27(20)22(29)12-19/h2-12,14,26,35H,1H3,(H,33,34). The van der Waals surface area contributed by atoms with Gasteiger partial charge >= 0.3 is 0 Å². The fourth-order valence-electron chi connectivity index (χ4n) is 4.02. The fourth-order valence-corrected chi connectivity index (χ4v) is 4.47. The molecule has 2 N–H and O–H groups in total. The third kappa shape index (κ3) is 5.05. The number of halogens is 4. The zero-order chi connectivity index (χ0) is 26.1. The van der Waals surface area contributed by atoms with E-state index < -0.39 is 11.9 Å². The molecule has 0 bridgehead atoms. The van der Waals surface area contributed by atoms with Crippen molar-refractivity contribution in [3.05, 3.63) is 112 Å². The summed E-state index contributed by atoms with van der Waals surface area (Å²) in [6.45, 7) is 0. The van der Waals surface area contributed by atoms with E-state index in [9.17, 15) is 14.0 Å². The molecule has 1 unspecified atom stereocenters. The first-order valence-corrected chi connectivity index (χ1v) is 11.8. The number of pyridine rings is 1. The molecule has 10 heteroatoms. The number of hydrogen-bond donors (Lipinski definition) is 2. The van der Waals surface area contributed by atoms with E-state index in [0.717, 1.165) is 5.56 Å². The van der Waals surface area contributed by atoms with E-state index in [1.54, 1.807) is 22.9 Å². The van der Waals surface area contributed by atoms with Crippen LogP contribution in [-0.4, -0.2) is 14.8 Å². The zero-order valence-electron chi connectivity index (χ0n) is 19.3. The lowest BCUT2D eigenvalue weighted by Gasteiger charge is -2.20. The van der Waals surface area contributed by atoms with Gasteiger partial charge in [0.15, 0.2) is 0 Å². The Labute approximate surface area is 221 Å². The molecular formula is C27H18Cl2F2N6. The Morgan fingerprint density at radius 1 is 0.973 bits per heavy atom. The molecule has 2 heterocycles. The van der Waals surface area contributed by atoms with Crippen LogP contribution in [0.25, 0.3) is 10.9 Å². The monoisotopic (exact) mass is 534 g/mol. The predicted octanol–water partition coefficient (Wildman–Crippen LogP) is 7.37. The second-order valence-electron chi connectivity index (χ2n) is 8.31. The third-order valence-electron chi connectivity index (χ3n) is 5.78. The molecule has 0 fully saturated rings. The van der Waals surface area contributed by atoms with E-state index in [1.807, 2.05) is 25.4 Å². The first-order chi connectivity index (χ1) is 17.8. The molecule has 0 aliphatic heterocycles. The highest BCUT2D eigenvalue weighted by molar-refractivity contribution is 6.36. The van der Waals surface area contributed by atoms with Crippen molar-refractivity contribution < 1.29 is 8.78 Å². The van der Waals surface area contributed by atoms with E-state index in [-0.39, 0.29) is 16.4 Å². The topological polar surface area (TPSA) is 78.6 Å². The smallest absolute Gasteiger partial charge is 0.141 e. The molecule has 6 nitrogen and oxygen atoms in total. The highest BCUT2D eigenvalue weighted by Crippen LogP contribution is 2.37. The molecule has 0 amide bonds. The Kier molecular flexibility index (Phi) is 6.66. The van der Waals surface area contributed by atoms with Crippen molar-refractivity contribution in [2.45, 2.75) is 6.04 Å². The molecule has 0 saturated heterocycles. The van der Waals surface area contributed by atoms with Crippen LogP contribution in [0.5, 0.6) is 0 Å². The number of nitrogens with one attached hydrogen (secondary N) is 2. The molecule has 2 aromatic heterocycles. The lowest BCUT2D eigenvalue weighted by atomic mass is 10.0. The van der Waals surface area contributed by atoms with Gasteiger partial charge in [0, 0.05) is 36.2 Å². The summed E-state index contributed by atoms with van der Waals surface area (Å²) in [6, 6.07) is 17.4. The number of nitrogens with zero attached hydrogens (tertiary/aromatic N) is 4. The van der Waals surface area contributed by atoms with Crippen molar-refractivity contribution >= 4 is 51.2 Å². The minimum atomic E-state index is -0.553. The summed E-state index contributed by atoms with van der Waals surface area (Å²) in [7, 11) is 1.81. The number of benzene rings is 3. The SMILES string of the molecule is Cn1ccc(C(Nc2cc(Cl)c3ncc(C#N)c(Nc4ccc(F)c(Cl)c4)c3c2)c2ccc(F)cc2)n1. The average Bonchev–Trinajstić information content (AvgIpc) is 3.31. The molecule has 0 radical (unpaired) electrons. The summed E-state index contributed by atoms with van der Waals surface area (Å²) in [5.74, 6) is -0.896. The van der Waals surface area contributed by atoms with Crippen LogP contribution < -0.4 is 10.6 Å². The summed E-state index contributed by atoms with van der Waals surface area (Å²) in [4.78, 5) is 4.37. The molecule has 0 aliphatic carbocycles. The van der Waals surface area contributed by atoms with Gasteiger partial charge in [-0.2, -0.15) is 10.4 Å². The fraction of sp³-hybridized carbons (Fsp3) is 0.0741. The molecule has 1 atom stereocenters. The molecule has 5 aromatic rings. The van der Waals surface area contributed by atoms with Gasteiger partial charge in [0.2, 0.25) is 0 Å². The van der Waals surface area contributed by atoms with E-state index in [4.69, 9.17) is 23.2 Å². The average molecular weight is 535 g/mol. The summed E-state index contributed by atoms with van der Waals surface area (Å²) in [6.07, 6.45) is 3.24. The van der Waals surface area contributed by atoms with Crippen LogP contribution in [0.2, 0.25) is 10.0 Å². The first kappa shape index (κ1) is 24.5. The number of aryl methyl sites for hydroxylation is 1. The number of anilines is 3. The van der Waals surface area contributed by atoms with E-state index in [1.165, 1.54) is 36.5 Å². The lowest BCUT2D eigenvalue weighted by Crippen LogP contribution is -2.14. The highest BCUT2D eigenvalue weighted by Gasteiger charge is 2.19. The largest absolute Gasteiger partial charge is 0.373 e. The van der Waals surface area contributed by atoms with Crippen molar-refractivity contribution in [3.63, 3.8) is 0 Å². The Morgan fingerprint density at radius 3 is 2.41 bits per heavy atom. The van der Waals surface area contributed by atoms with Crippen molar-refractivity contribution in [1.29, 1.82) is 5.26 Å². The van der Waals surface area contributed by atoms with Gasteiger partial charge in [0.1, 0.15) is 17.7 Å². The molecule has 0 aliphatic rings. The van der Waals surface area contributed by atoms with Gasteiger partial charge in [0.25, 0.3) is 0 Å². The minimum absolute atomic E-state index is 0.0558. The van der Waals surface area contributed by atoms with Crippen molar-refractivity contribution in [2.75, 3.05) is 10.6 Å². The predicted molar refractivity (Wildman–Crippen MR) is 141 cm³/mol. The van der Waals surface area contributed by atoms with Crippen LogP contribution in [0, 0.1) is 23.0 Å². The lowest BCUT2D eigenvalue weighted by molar-refractivity contribution is 0.626. The Balaban J connectivity index is 1.61. The quantitative estimate of drug-likeness (QED) is 0.237. The number of hydrogen-bond acceptors (Lipinski definition) is 5. The van der Waals surface area contributed by atoms with Gasteiger partial charge in [-0.1, -0.05) is 35.3 Å². The van der Waals surface area contributed by atoms with Crippen LogP contribution in [0.3, 0.4) is 0 Å².